The zero-order valence-corrected chi connectivity index (χ0v) is 13.0. The number of hydrogen-bond acceptors (Lipinski definition) is 3. The number of thioether (sulfide) groups is 1. The van der Waals surface area contributed by atoms with Crippen molar-refractivity contribution in [3.05, 3.63) is 35.9 Å². The summed E-state index contributed by atoms with van der Waals surface area (Å²) in [4.78, 5) is 2.49. The Bertz CT molecular complexity index is 393. The summed E-state index contributed by atoms with van der Waals surface area (Å²) in [5, 5.41) is 10.4. The van der Waals surface area contributed by atoms with Gasteiger partial charge in [0.05, 0.1) is 6.10 Å². The molecule has 1 heterocycles. The molecule has 1 aromatic carbocycles. The molecule has 1 saturated heterocycles. The maximum absolute atomic E-state index is 10.4. The molecule has 0 radical (unpaired) electrons. The predicted octanol–water partition coefficient (Wildman–Crippen LogP) is 3.18. The molecule has 3 heteroatoms. The molecule has 106 valence electrons. The van der Waals surface area contributed by atoms with Gasteiger partial charge in [-0.05, 0) is 25.3 Å². The van der Waals surface area contributed by atoms with Crippen molar-refractivity contribution in [1.29, 1.82) is 0 Å². The molecule has 2 atom stereocenters. The monoisotopic (exact) mass is 279 g/mol. The van der Waals surface area contributed by atoms with Crippen LogP contribution in [0.1, 0.15) is 32.4 Å². The topological polar surface area (TPSA) is 23.5 Å². The Morgan fingerprint density at radius 1 is 1.32 bits per heavy atom. The van der Waals surface area contributed by atoms with Gasteiger partial charge >= 0.3 is 0 Å². The van der Waals surface area contributed by atoms with E-state index in [-0.39, 0.29) is 12.0 Å². The third kappa shape index (κ3) is 4.23. The van der Waals surface area contributed by atoms with Gasteiger partial charge in [0.2, 0.25) is 0 Å². The minimum Gasteiger partial charge on any atom is -0.388 e. The number of aliphatic hydroxyl groups is 1. The highest BCUT2D eigenvalue weighted by Gasteiger charge is 2.29. The van der Waals surface area contributed by atoms with E-state index in [9.17, 15) is 5.11 Å². The lowest BCUT2D eigenvalue weighted by Gasteiger charge is -2.39. The van der Waals surface area contributed by atoms with E-state index in [1.54, 1.807) is 0 Å². The summed E-state index contributed by atoms with van der Waals surface area (Å²) in [7, 11) is 0. The second-order valence-electron chi connectivity index (χ2n) is 6.18. The third-order valence-corrected chi connectivity index (χ3v) is 5.03. The van der Waals surface area contributed by atoms with Crippen LogP contribution in [-0.4, -0.2) is 40.1 Å². The van der Waals surface area contributed by atoms with Crippen molar-refractivity contribution in [3.63, 3.8) is 0 Å². The lowest BCUT2D eigenvalue weighted by atomic mass is 9.96. The van der Waals surface area contributed by atoms with Crippen LogP contribution in [0.25, 0.3) is 0 Å². The lowest BCUT2D eigenvalue weighted by molar-refractivity contribution is 0.0866. The molecule has 1 aliphatic rings. The lowest BCUT2D eigenvalue weighted by Crippen LogP contribution is -2.45. The Morgan fingerprint density at radius 2 is 2.00 bits per heavy atom. The number of benzene rings is 1. The van der Waals surface area contributed by atoms with Gasteiger partial charge in [-0.1, -0.05) is 37.3 Å². The van der Waals surface area contributed by atoms with E-state index in [1.807, 2.05) is 30.3 Å². The van der Waals surface area contributed by atoms with E-state index in [1.165, 1.54) is 5.75 Å². The number of rotatable bonds is 4. The van der Waals surface area contributed by atoms with Crippen molar-refractivity contribution >= 4 is 11.8 Å². The molecule has 1 N–H and O–H groups in total. The summed E-state index contributed by atoms with van der Waals surface area (Å²) in [5.41, 5.74) is 1.03. The summed E-state index contributed by atoms with van der Waals surface area (Å²) in [6, 6.07) is 10.00. The molecule has 19 heavy (non-hydrogen) atoms. The minimum atomic E-state index is -0.362. The van der Waals surface area contributed by atoms with Crippen LogP contribution in [0.4, 0.5) is 0 Å². The van der Waals surface area contributed by atoms with Gasteiger partial charge < -0.3 is 10.0 Å². The molecule has 0 spiro atoms. The molecule has 2 nitrogen and oxygen atoms in total. The predicted molar refractivity (Wildman–Crippen MR) is 83.5 cm³/mol. The molecular formula is C16H25NOS. The molecule has 2 unspecified atom stereocenters. The average molecular weight is 279 g/mol. The van der Waals surface area contributed by atoms with E-state index < -0.39 is 0 Å². The average Bonchev–Trinajstić information content (AvgIpc) is 2.37. The van der Waals surface area contributed by atoms with Gasteiger partial charge in [0.25, 0.3) is 0 Å². The SMILES string of the molecule is CC(CN1CCSC(C)(C)C1)C(O)c1ccccc1. The Kier molecular flexibility index (Phi) is 4.93. The number of nitrogens with zero attached hydrogens (tertiary/aromatic N) is 1. The van der Waals surface area contributed by atoms with Gasteiger partial charge in [-0.3, -0.25) is 0 Å². The summed E-state index contributed by atoms with van der Waals surface area (Å²) in [6.07, 6.45) is -0.362. The smallest absolute Gasteiger partial charge is 0.0827 e. The van der Waals surface area contributed by atoms with Crippen molar-refractivity contribution in [3.8, 4) is 0 Å². The summed E-state index contributed by atoms with van der Waals surface area (Å²) in [6.45, 7) is 9.99. The summed E-state index contributed by atoms with van der Waals surface area (Å²) < 4.78 is 0.343. The zero-order chi connectivity index (χ0) is 13.9. The first-order valence-corrected chi connectivity index (χ1v) is 8.06. The molecule has 1 fully saturated rings. The van der Waals surface area contributed by atoms with Gasteiger partial charge in [0.15, 0.2) is 0 Å². The molecule has 0 amide bonds. The quantitative estimate of drug-likeness (QED) is 0.915. The zero-order valence-electron chi connectivity index (χ0n) is 12.2. The standard InChI is InChI=1S/C16H25NOS/c1-13(15(18)14-7-5-4-6-8-14)11-17-9-10-19-16(2,3)12-17/h4-8,13,15,18H,9-12H2,1-3H3. The molecule has 0 bridgehead atoms. The Labute approximate surface area is 121 Å². The molecule has 0 aromatic heterocycles. The first kappa shape index (κ1) is 14.9. The van der Waals surface area contributed by atoms with Crippen LogP contribution in [0.15, 0.2) is 30.3 Å². The van der Waals surface area contributed by atoms with Gasteiger partial charge in [0, 0.05) is 30.1 Å². The van der Waals surface area contributed by atoms with Crippen LogP contribution in [0.2, 0.25) is 0 Å². The molecule has 2 rings (SSSR count). The van der Waals surface area contributed by atoms with E-state index >= 15 is 0 Å². The highest BCUT2D eigenvalue weighted by Crippen LogP contribution is 2.31. The molecule has 0 saturated carbocycles. The Balaban J connectivity index is 1.92. The van der Waals surface area contributed by atoms with Crippen molar-refractivity contribution in [2.75, 3.05) is 25.4 Å². The first-order chi connectivity index (χ1) is 8.98. The van der Waals surface area contributed by atoms with E-state index in [4.69, 9.17) is 0 Å². The summed E-state index contributed by atoms with van der Waals surface area (Å²) >= 11 is 2.05. The largest absolute Gasteiger partial charge is 0.388 e. The fraction of sp³-hybridized carbons (Fsp3) is 0.625. The molecule has 1 aromatic rings. The van der Waals surface area contributed by atoms with Gasteiger partial charge in [0.1, 0.15) is 0 Å². The van der Waals surface area contributed by atoms with Gasteiger partial charge in [-0.15, -0.1) is 0 Å². The van der Waals surface area contributed by atoms with Gasteiger partial charge in [-0.2, -0.15) is 11.8 Å². The van der Waals surface area contributed by atoms with Crippen molar-refractivity contribution in [1.82, 2.24) is 4.90 Å². The third-order valence-electron chi connectivity index (χ3n) is 3.73. The minimum absolute atomic E-state index is 0.265. The number of aliphatic hydroxyl groups excluding tert-OH is 1. The highest BCUT2D eigenvalue weighted by molar-refractivity contribution is 8.00. The Hall–Kier alpha value is -0.510. The van der Waals surface area contributed by atoms with E-state index in [0.717, 1.165) is 25.2 Å². The maximum Gasteiger partial charge on any atom is 0.0827 e. The number of hydrogen-bond donors (Lipinski definition) is 1. The maximum atomic E-state index is 10.4. The fourth-order valence-corrected chi connectivity index (χ4v) is 3.93. The van der Waals surface area contributed by atoms with E-state index in [2.05, 4.69) is 37.4 Å². The van der Waals surface area contributed by atoms with E-state index in [0.29, 0.717) is 4.75 Å². The van der Waals surface area contributed by atoms with Crippen molar-refractivity contribution < 1.29 is 5.11 Å². The molecular weight excluding hydrogens is 254 g/mol. The first-order valence-electron chi connectivity index (χ1n) is 7.07. The second kappa shape index (κ2) is 6.29. The normalized spacial score (nSPS) is 22.9. The van der Waals surface area contributed by atoms with Crippen molar-refractivity contribution in [2.24, 2.45) is 5.92 Å². The van der Waals surface area contributed by atoms with Crippen LogP contribution in [0.3, 0.4) is 0 Å². The highest BCUT2D eigenvalue weighted by atomic mass is 32.2. The molecule has 0 aliphatic carbocycles. The fourth-order valence-electron chi connectivity index (χ4n) is 2.76. The van der Waals surface area contributed by atoms with Gasteiger partial charge in [-0.25, -0.2) is 0 Å². The van der Waals surface area contributed by atoms with Crippen molar-refractivity contribution in [2.45, 2.75) is 31.6 Å². The second-order valence-corrected chi connectivity index (χ2v) is 7.98. The van der Waals surface area contributed by atoms with Crippen LogP contribution in [0, 0.1) is 5.92 Å². The van der Waals surface area contributed by atoms with Crippen LogP contribution in [-0.2, 0) is 0 Å². The molecule has 1 aliphatic heterocycles. The summed E-state index contributed by atoms with van der Waals surface area (Å²) in [5.74, 6) is 1.46. The van der Waals surface area contributed by atoms with Crippen LogP contribution >= 0.6 is 11.8 Å². The van der Waals surface area contributed by atoms with Crippen LogP contribution < -0.4 is 0 Å². The van der Waals surface area contributed by atoms with Crippen LogP contribution in [0.5, 0.6) is 0 Å². The Morgan fingerprint density at radius 3 is 2.63 bits per heavy atom.